The molecule has 0 atom stereocenters. The first-order valence-corrected chi connectivity index (χ1v) is 14.5. The van der Waals surface area contributed by atoms with Crippen molar-refractivity contribution in [2.24, 2.45) is 0 Å². The number of carbonyl (C=O) groups excluding carboxylic acids is 2. The molecule has 1 heterocycles. The average Bonchev–Trinajstić information content (AvgIpc) is 3.38. The summed E-state index contributed by atoms with van der Waals surface area (Å²) in [5, 5.41) is 0.313. The van der Waals surface area contributed by atoms with Crippen LogP contribution in [0.3, 0.4) is 0 Å². The van der Waals surface area contributed by atoms with E-state index >= 15 is 0 Å². The van der Waals surface area contributed by atoms with Gasteiger partial charge in [-0.2, -0.15) is 4.31 Å². The van der Waals surface area contributed by atoms with E-state index in [0.29, 0.717) is 28.9 Å². The smallest absolute Gasteiger partial charge is 0.342 e. The molecule has 9 heteroatoms. The summed E-state index contributed by atoms with van der Waals surface area (Å²) in [4.78, 5) is 26.9. The number of rotatable bonds is 9. The van der Waals surface area contributed by atoms with Gasteiger partial charge in [-0.05, 0) is 68.4 Å². The quantitative estimate of drug-likeness (QED) is 0.182. The first-order valence-electron chi connectivity index (χ1n) is 13.0. The van der Waals surface area contributed by atoms with Gasteiger partial charge in [-0.1, -0.05) is 48.5 Å². The maximum absolute atomic E-state index is 14.1. The highest BCUT2D eigenvalue weighted by Crippen LogP contribution is 2.37. The van der Waals surface area contributed by atoms with E-state index in [0.717, 1.165) is 4.31 Å². The lowest BCUT2D eigenvalue weighted by Crippen LogP contribution is -2.37. The summed E-state index contributed by atoms with van der Waals surface area (Å²) in [5.74, 6) is -0.605. The second kappa shape index (κ2) is 11.7. The number of carbonyl (C=O) groups is 2. The number of furan rings is 1. The normalized spacial score (nSPS) is 11.3. The largest absolute Gasteiger partial charge is 0.494 e. The molecule has 208 valence electrons. The van der Waals surface area contributed by atoms with Crippen molar-refractivity contribution in [1.29, 1.82) is 0 Å². The van der Waals surface area contributed by atoms with Crippen LogP contribution >= 0.6 is 0 Å². The van der Waals surface area contributed by atoms with Crippen molar-refractivity contribution in [1.82, 2.24) is 0 Å². The predicted octanol–water partition coefficient (Wildman–Crippen LogP) is 6.71. The summed E-state index contributed by atoms with van der Waals surface area (Å²) >= 11 is 0. The van der Waals surface area contributed by atoms with Crippen LogP contribution in [-0.4, -0.2) is 33.5 Å². The van der Waals surface area contributed by atoms with Crippen LogP contribution < -0.4 is 9.04 Å². The number of benzene rings is 4. The molecule has 1 amide bonds. The Balaban J connectivity index is 1.71. The van der Waals surface area contributed by atoms with Crippen molar-refractivity contribution in [3.05, 3.63) is 114 Å². The Bertz CT molecular complexity index is 1800. The average molecular weight is 570 g/mol. The van der Waals surface area contributed by atoms with Crippen molar-refractivity contribution in [3.8, 4) is 17.1 Å². The molecule has 5 aromatic rings. The van der Waals surface area contributed by atoms with E-state index in [4.69, 9.17) is 13.9 Å². The molecule has 0 saturated carbocycles. The molecule has 5 rings (SSSR count). The molecular weight excluding hydrogens is 542 g/mol. The van der Waals surface area contributed by atoms with Crippen LogP contribution in [0.25, 0.3) is 22.3 Å². The van der Waals surface area contributed by atoms with Gasteiger partial charge in [0.05, 0.1) is 23.8 Å². The highest BCUT2D eigenvalue weighted by atomic mass is 32.2. The van der Waals surface area contributed by atoms with Crippen LogP contribution in [0.15, 0.2) is 112 Å². The number of ether oxygens (including phenoxy) is 2. The third-order valence-electron chi connectivity index (χ3n) is 6.30. The summed E-state index contributed by atoms with van der Waals surface area (Å²) in [5.41, 5.74) is 1.32. The Labute approximate surface area is 237 Å². The number of anilines is 1. The van der Waals surface area contributed by atoms with Gasteiger partial charge in [0.15, 0.2) is 0 Å². The van der Waals surface area contributed by atoms with E-state index < -0.39 is 21.9 Å². The second-order valence-corrected chi connectivity index (χ2v) is 10.7. The Kier molecular flexibility index (Phi) is 7.89. The Morgan fingerprint density at radius 1 is 0.805 bits per heavy atom. The van der Waals surface area contributed by atoms with Gasteiger partial charge in [0.2, 0.25) is 0 Å². The van der Waals surface area contributed by atoms with E-state index in [2.05, 4.69) is 0 Å². The van der Waals surface area contributed by atoms with Gasteiger partial charge in [-0.15, -0.1) is 0 Å². The van der Waals surface area contributed by atoms with Gasteiger partial charge in [0, 0.05) is 16.5 Å². The van der Waals surface area contributed by atoms with Crippen LogP contribution in [0.2, 0.25) is 0 Å². The van der Waals surface area contributed by atoms with Gasteiger partial charge in [-0.3, -0.25) is 4.79 Å². The third kappa shape index (κ3) is 5.44. The molecule has 4 aromatic carbocycles. The zero-order chi connectivity index (χ0) is 29.0. The minimum atomic E-state index is -4.41. The van der Waals surface area contributed by atoms with Gasteiger partial charge < -0.3 is 13.9 Å². The van der Waals surface area contributed by atoms with Crippen molar-refractivity contribution >= 4 is 38.6 Å². The molecule has 0 unspecified atom stereocenters. The molecule has 0 fully saturated rings. The van der Waals surface area contributed by atoms with Crippen LogP contribution in [0.1, 0.15) is 34.6 Å². The third-order valence-corrected chi connectivity index (χ3v) is 8.03. The van der Waals surface area contributed by atoms with Crippen LogP contribution in [0, 0.1) is 0 Å². The number of esters is 1. The van der Waals surface area contributed by atoms with Crippen molar-refractivity contribution in [3.63, 3.8) is 0 Å². The first kappa shape index (κ1) is 27.7. The molecule has 0 saturated heterocycles. The minimum Gasteiger partial charge on any atom is -0.494 e. The Hall–Kier alpha value is -4.89. The second-order valence-electron chi connectivity index (χ2n) is 8.92. The molecule has 0 aliphatic rings. The molecule has 0 N–H and O–H groups in total. The maximum atomic E-state index is 14.1. The van der Waals surface area contributed by atoms with Gasteiger partial charge in [0.1, 0.15) is 22.7 Å². The fourth-order valence-electron chi connectivity index (χ4n) is 4.45. The molecule has 1 aromatic heterocycles. The maximum Gasteiger partial charge on any atom is 0.342 e. The minimum absolute atomic E-state index is 0.0335. The van der Waals surface area contributed by atoms with Crippen molar-refractivity contribution < 1.29 is 31.9 Å². The lowest BCUT2D eigenvalue weighted by atomic mass is 10.1. The topological polar surface area (TPSA) is 103 Å². The number of sulfonamides is 1. The Morgan fingerprint density at radius 2 is 1.46 bits per heavy atom. The van der Waals surface area contributed by atoms with Crippen molar-refractivity contribution in [2.45, 2.75) is 18.7 Å². The predicted molar refractivity (Wildman–Crippen MR) is 156 cm³/mol. The highest BCUT2D eigenvalue weighted by Gasteiger charge is 2.33. The zero-order valence-corrected chi connectivity index (χ0v) is 23.3. The van der Waals surface area contributed by atoms with E-state index in [-0.39, 0.29) is 34.1 Å². The lowest BCUT2D eigenvalue weighted by Gasteiger charge is -2.23. The molecule has 0 aliphatic heterocycles. The van der Waals surface area contributed by atoms with E-state index in [1.54, 1.807) is 43.3 Å². The van der Waals surface area contributed by atoms with E-state index in [1.165, 1.54) is 48.5 Å². The van der Waals surface area contributed by atoms with E-state index in [1.807, 2.05) is 25.1 Å². The summed E-state index contributed by atoms with van der Waals surface area (Å²) in [6, 6.07) is 27.5. The first-order chi connectivity index (χ1) is 19.8. The van der Waals surface area contributed by atoms with E-state index in [9.17, 15) is 18.0 Å². The van der Waals surface area contributed by atoms with Gasteiger partial charge in [-0.25, -0.2) is 13.2 Å². The van der Waals surface area contributed by atoms with Gasteiger partial charge in [0.25, 0.3) is 15.9 Å². The fourth-order valence-corrected chi connectivity index (χ4v) is 5.86. The molecule has 0 bridgehead atoms. The monoisotopic (exact) mass is 569 g/mol. The number of fused-ring (bicyclic) bond motifs is 1. The summed E-state index contributed by atoms with van der Waals surface area (Å²) in [7, 11) is -4.41. The van der Waals surface area contributed by atoms with Crippen LogP contribution in [0.4, 0.5) is 5.69 Å². The van der Waals surface area contributed by atoms with Crippen molar-refractivity contribution in [2.75, 3.05) is 17.5 Å². The number of hydrogen-bond donors (Lipinski definition) is 0. The van der Waals surface area contributed by atoms with Crippen LogP contribution in [0.5, 0.6) is 5.75 Å². The van der Waals surface area contributed by atoms with Gasteiger partial charge >= 0.3 is 5.97 Å². The lowest BCUT2D eigenvalue weighted by molar-refractivity contribution is 0.0528. The summed E-state index contributed by atoms with van der Waals surface area (Å²) in [6.45, 7) is 4.06. The fraction of sp³-hybridized carbons (Fsp3) is 0.125. The molecule has 41 heavy (non-hydrogen) atoms. The zero-order valence-electron chi connectivity index (χ0n) is 22.4. The number of amides is 1. The Morgan fingerprint density at radius 3 is 2.10 bits per heavy atom. The van der Waals surface area contributed by atoms with Crippen LogP contribution in [-0.2, 0) is 14.8 Å². The molecule has 8 nitrogen and oxygen atoms in total. The molecule has 0 aliphatic carbocycles. The highest BCUT2D eigenvalue weighted by molar-refractivity contribution is 7.93. The summed E-state index contributed by atoms with van der Waals surface area (Å²) < 4.78 is 45.7. The number of hydrogen-bond acceptors (Lipinski definition) is 7. The standard InChI is InChI=1S/C32H27NO7S/c1-3-38-25-16-18-26(19-17-25)41(36,37)33(31(34)23-13-9-6-10-14-23)24-15-20-28-27(21-24)29(32(35)39-4-2)30(40-28)22-11-7-5-8-12-22/h5-21H,3-4H2,1-2H3. The SMILES string of the molecule is CCOC(=O)c1c(-c2ccccc2)oc2ccc(N(C(=O)c3ccccc3)S(=O)(=O)c3ccc(OCC)cc3)cc12. The number of nitrogens with zero attached hydrogens (tertiary/aromatic N) is 1. The molecule has 0 radical (unpaired) electrons. The molecular formula is C32H27NO7S. The summed E-state index contributed by atoms with van der Waals surface area (Å²) in [6.07, 6.45) is 0. The molecule has 0 spiro atoms.